The van der Waals surface area contributed by atoms with Gasteiger partial charge in [-0.2, -0.15) is 0 Å². The third-order valence-corrected chi connectivity index (χ3v) is 7.38. The number of rotatable bonds is 14. The highest BCUT2D eigenvalue weighted by molar-refractivity contribution is 6.24. The number of nitrogens with one attached hydrogen (secondary N) is 2. The van der Waals surface area contributed by atoms with Crippen LogP contribution in [0.25, 0.3) is 32.3 Å². The van der Waals surface area contributed by atoms with Crippen LogP contribution in [0.2, 0.25) is 0 Å². The van der Waals surface area contributed by atoms with E-state index in [2.05, 4.69) is 94.7 Å². The second-order valence-corrected chi connectivity index (χ2v) is 10.3. The minimum Gasteiger partial charge on any atom is -0.306 e. The van der Waals surface area contributed by atoms with Gasteiger partial charge in [0.15, 0.2) is 0 Å². The van der Waals surface area contributed by atoms with Crippen molar-refractivity contribution in [1.29, 1.82) is 0 Å². The van der Waals surface area contributed by atoms with Gasteiger partial charge in [-0.05, 0) is 83.2 Å². The van der Waals surface area contributed by atoms with E-state index in [1.165, 1.54) is 70.8 Å². The van der Waals surface area contributed by atoms with E-state index in [-0.39, 0.29) is 0 Å². The lowest BCUT2D eigenvalue weighted by atomic mass is 9.90. The fourth-order valence-corrected chi connectivity index (χ4v) is 5.29. The van der Waals surface area contributed by atoms with Gasteiger partial charge < -0.3 is 10.6 Å². The number of benzene rings is 4. The van der Waals surface area contributed by atoms with Crippen molar-refractivity contribution in [3.05, 3.63) is 59.7 Å². The summed E-state index contributed by atoms with van der Waals surface area (Å²) in [4.78, 5) is 0. The van der Waals surface area contributed by atoms with Gasteiger partial charge >= 0.3 is 0 Å². The van der Waals surface area contributed by atoms with Gasteiger partial charge in [-0.25, -0.2) is 0 Å². The van der Waals surface area contributed by atoms with Crippen molar-refractivity contribution >= 4 is 32.3 Å². The molecule has 0 unspecified atom stereocenters. The molecule has 2 N–H and O–H groups in total. The Bertz CT molecular complexity index is 1470. The van der Waals surface area contributed by atoms with E-state index in [1.54, 1.807) is 0 Å². The Morgan fingerprint density at radius 2 is 0.925 bits per heavy atom. The molecule has 0 aliphatic heterocycles. The average molecular weight is 525 g/mol. The highest BCUT2D eigenvalue weighted by Gasteiger charge is 2.12. The Morgan fingerprint density at radius 3 is 1.38 bits per heavy atom. The van der Waals surface area contributed by atoms with Crippen LogP contribution in [-0.2, 0) is 0 Å². The Hall–Kier alpha value is -3.92. The molecule has 0 aliphatic carbocycles. The van der Waals surface area contributed by atoms with Gasteiger partial charge in [0.05, 0.1) is 13.1 Å². The zero-order valence-electron chi connectivity index (χ0n) is 23.7. The van der Waals surface area contributed by atoms with Crippen LogP contribution in [0.3, 0.4) is 0 Å². The van der Waals surface area contributed by atoms with Gasteiger partial charge in [-0.3, -0.25) is 0 Å². The molecule has 0 aliphatic rings. The van der Waals surface area contributed by atoms with Gasteiger partial charge in [0.2, 0.25) is 0 Å². The van der Waals surface area contributed by atoms with E-state index in [1.807, 2.05) is 0 Å². The maximum absolute atomic E-state index is 5.27. The summed E-state index contributed by atoms with van der Waals surface area (Å²) in [5.74, 6) is 19.1. The molecule has 202 valence electrons. The molecule has 0 bridgehead atoms. The Labute approximate surface area is 241 Å². The SMILES string of the molecule is C#CCNCCCCCCC#Cc1ccc2ccc3c(C#CCCCCCCNCC#C)ccc4ccc1c2c43. The van der Waals surface area contributed by atoms with Gasteiger partial charge in [0, 0.05) is 24.0 Å². The van der Waals surface area contributed by atoms with Crippen LogP contribution >= 0.6 is 0 Å². The molecule has 0 radical (unpaired) electrons. The zero-order valence-corrected chi connectivity index (χ0v) is 23.7. The summed E-state index contributed by atoms with van der Waals surface area (Å²) >= 11 is 0. The summed E-state index contributed by atoms with van der Waals surface area (Å²) in [6.07, 6.45) is 21.9. The van der Waals surface area contributed by atoms with E-state index in [0.29, 0.717) is 13.1 Å². The fraction of sp³-hybridized carbons (Fsp3) is 0.368. The van der Waals surface area contributed by atoms with Crippen LogP contribution in [0.1, 0.15) is 75.3 Å². The van der Waals surface area contributed by atoms with Gasteiger partial charge in [0.25, 0.3) is 0 Å². The normalized spacial score (nSPS) is 10.7. The highest BCUT2D eigenvalue weighted by atomic mass is 14.8. The molecular weight excluding hydrogens is 484 g/mol. The molecule has 0 aromatic heterocycles. The Balaban J connectivity index is 1.40. The van der Waals surface area contributed by atoms with Crippen LogP contribution in [0.15, 0.2) is 48.5 Å². The maximum Gasteiger partial charge on any atom is 0.0573 e. The molecule has 4 aromatic rings. The second kappa shape index (κ2) is 16.2. The van der Waals surface area contributed by atoms with E-state index < -0.39 is 0 Å². The predicted octanol–water partition coefficient (Wildman–Crippen LogP) is 7.63. The van der Waals surface area contributed by atoms with Gasteiger partial charge in [0.1, 0.15) is 0 Å². The van der Waals surface area contributed by atoms with Crippen molar-refractivity contribution in [3.8, 4) is 48.4 Å². The first-order valence-corrected chi connectivity index (χ1v) is 14.8. The summed E-state index contributed by atoms with van der Waals surface area (Å²) in [7, 11) is 0. The summed E-state index contributed by atoms with van der Waals surface area (Å²) in [6, 6.07) is 17.7. The Morgan fingerprint density at radius 1 is 0.500 bits per heavy atom. The van der Waals surface area contributed by atoms with Crippen LogP contribution in [0.5, 0.6) is 0 Å². The number of unbranched alkanes of at least 4 members (excludes halogenated alkanes) is 8. The van der Waals surface area contributed by atoms with Crippen molar-refractivity contribution in [2.75, 3.05) is 26.2 Å². The first-order valence-electron chi connectivity index (χ1n) is 14.8. The molecule has 0 fully saturated rings. The number of hydrogen-bond acceptors (Lipinski definition) is 2. The van der Waals surface area contributed by atoms with E-state index in [4.69, 9.17) is 12.8 Å². The molecular formula is C38H40N2. The molecule has 0 saturated carbocycles. The molecule has 4 aromatic carbocycles. The van der Waals surface area contributed by atoms with E-state index >= 15 is 0 Å². The van der Waals surface area contributed by atoms with Crippen LogP contribution in [-0.4, -0.2) is 26.2 Å². The van der Waals surface area contributed by atoms with Crippen molar-refractivity contribution in [2.45, 2.75) is 64.2 Å². The summed E-state index contributed by atoms with van der Waals surface area (Å²) in [5, 5.41) is 14.1. The monoisotopic (exact) mass is 524 g/mol. The topological polar surface area (TPSA) is 24.1 Å². The maximum atomic E-state index is 5.27. The third kappa shape index (κ3) is 8.05. The summed E-state index contributed by atoms with van der Waals surface area (Å²) in [6.45, 7) is 3.32. The van der Waals surface area contributed by atoms with Gasteiger partial charge in [-0.1, -0.05) is 97.6 Å². The molecule has 0 saturated heterocycles. The average Bonchev–Trinajstić information content (AvgIpc) is 2.98. The third-order valence-electron chi connectivity index (χ3n) is 7.38. The summed E-state index contributed by atoms with van der Waals surface area (Å²) < 4.78 is 0. The molecule has 0 atom stereocenters. The predicted molar refractivity (Wildman–Crippen MR) is 173 cm³/mol. The Kier molecular flexibility index (Phi) is 11.8. The molecule has 2 nitrogen and oxygen atoms in total. The molecule has 0 spiro atoms. The number of hydrogen-bond donors (Lipinski definition) is 2. The first-order chi connectivity index (χ1) is 19.8. The molecule has 0 amide bonds. The minimum atomic E-state index is 0.660. The van der Waals surface area contributed by atoms with Crippen molar-refractivity contribution in [1.82, 2.24) is 10.6 Å². The molecule has 40 heavy (non-hydrogen) atoms. The van der Waals surface area contributed by atoms with Crippen LogP contribution in [0.4, 0.5) is 0 Å². The zero-order chi connectivity index (χ0) is 27.8. The molecule has 4 rings (SSSR count). The fourth-order valence-electron chi connectivity index (χ4n) is 5.29. The van der Waals surface area contributed by atoms with Crippen LogP contribution < -0.4 is 10.6 Å². The largest absolute Gasteiger partial charge is 0.306 e. The highest BCUT2D eigenvalue weighted by Crippen LogP contribution is 2.37. The van der Waals surface area contributed by atoms with Crippen LogP contribution in [0, 0.1) is 48.4 Å². The first kappa shape index (κ1) is 29.1. The lowest BCUT2D eigenvalue weighted by molar-refractivity contribution is 0.613. The van der Waals surface area contributed by atoms with Crippen molar-refractivity contribution in [3.63, 3.8) is 0 Å². The van der Waals surface area contributed by atoms with E-state index in [9.17, 15) is 0 Å². The quantitative estimate of drug-likeness (QED) is 0.101. The number of terminal acetylenes is 2. The molecule has 2 heteroatoms. The summed E-state index contributed by atoms with van der Waals surface area (Å²) in [5.41, 5.74) is 2.23. The van der Waals surface area contributed by atoms with Gasteiger partial charge in [-0.15, -0.1) is 12.8 Å². The molecule has 0 heterocycles. The lowest BCUT2D eigenvalue weighted by Gasteiger charge is -2.13. The van der Waals surface area contributed by atoms with Crippen molar-refractivity contribution < 1.29 is 0 Å². The van der Waals surface area contributed by atoms with Crippen molar-refractivity contribution in [2.24, 2.45) is 0 Å². The second-order valence-electron chi connectivity index (χ2n) is 10.3. The lowest BCUT2D eigenvalue weighted by Crippen LogP contribution is -2.14. The van der Waals surface area contributed by atoms with E-state index in [0.717, 1.165) is 49.9 Å². The smallest absolute Gasteiger partial charge is 0.0573 e. The minimum absolute atomic E-state index is 0.660. The standard InChI is InChI=1S/C38H40N2/c1-3-27-39-29-15-11-7-5-9-13-17-31-19-21-33-24-26-36-32(18-14-10-6-8-12-16-30-40-28-4-2)20-22-34-23-25-35(31)37(33)38(34)36/h1-2,19-26,39-40H,5-12,15-16,27-30H2.